The van der Waals surface area contributed by atoms with Gasteiger partial charge in [-0.3, -0.25) is 14.4 Å². The van der Waals surface area contributed by atoms with Gasteiger partial charge in [-0.25, -0.2) is 0 Å². The first-order valence-corrected chi connectivity index (χ1v) is 13.2. The van der Waals surface area contributed by atoms with Crippen LogP contribution in [0.3, 0.4) is 0 Å². The van der Waals surface area contributed by atoms with E-state index in [-0.39, 0.29) is 36.5 Å². The summed E-state index contributed by atoms with van der Waals surface area (Å²) in [6, 6.07) is -0.131. The van der Waals surface area contributed by atoms with Crippen LogP contribution < -0.4 is 5.32 Å². The SMILES string of the molecule is CC(=O)O[C@@H](C)C=CC(=O)N[C@@H]1C[C@H](C)[C@H](C/C=C(C)/C=C/[C@H]2O[C@H](CC(=O)O)C[C@@]3(CO3)[C@@H]2O)O[C@@H]1C. The number of carboxylic acid groups (broad SMARTS) is 1. The van der Waals surface area contributed by atoms with Gasteiger partial charge in [0.2, 0.25) is 5.91 Å². The number of aliphatic hydroxyl groups is 1. The molecule has 10 nitrogen and oxygen atoms in total. The lowest BCUT2D eigenvalue weighted by molar-refractivity contribution is -0.155. The average molecular weight is 536 g/mol. The molecule has 0 aromatic carbocycles. The number of nitrogens with one attached hydrogen (secondary N) is 1. The van der Waals surface area contributed by atoms with E-state index in [0.717, 1.165) is 12.0 Å². The van der Waals surface area contributed by atoms with E-state index in [1.54, 1.807) is 19.1 Å². The van der Waals surface area contributed by atoms with Crippen molar-refractivity contribution in [3.05, 3.63) is 36.0 Å². The lowest BCUT2D eigenvalue weighted by atomic mass is 9.87. The quantitative estimate of drug-likeness (QED) is 0.166. The number of rotatable bonds is 10. The summed E-state index contributed by atoms with van der Waals surface area (Å²) in [7, 11) is 0. The molecule has 38 heavy (non-hydrogen) atoms. The standard InChI is InChI=1S/C28H41NO9/c1-16(7-10-24-27(34)28(15-35-28)14-21(38-24)13-26(32)33)6-9-23-17(2)12-22(19(4)37-23)29-25(31)11-8-18(3)36-20(5)30/h6-8,10-11,17-19,21-24,27,34H,9,12-15H2,1-5H3,(H,29,31)(H,32,33)/b10-7+,11-8?,16-6+/t17-,18-,19+,21+,22+,23-,24+,27+,28+/m0/s1. The second-order valence-corrected chi connectivity index (χ2v) is 10.7. The number of ether oxygens (including phenoxy) is 4. The Kier molecular flexibility index (Phi) is 10.3. The fraction of sp³-hybridized carbons (Fsp3) is 0.679. The summed E-state index contributed by atoms with van der Waals surface area (Å²) >= 11 is 0. The Morgan fingerprint density at radius 2 is 1.89 bits per heavy atom. The van der Waals surface area contributed by atoms with Gasteiger partial charge in [-0.1, -0.05) is 30.7 Å². The van der Waals surface area contributed by atoms with Crippen molar-refractivity contribution in [3.8, 4) is 0 Å². The molecule has 3 fully saturated rings. The second kappa shape index (κ2) is 13.0. The van der Waals surface area contributed by atoms with Gasteiger partial charge in [0, 0.05) is 19.4 Å². The first-order valence-electron chi connectivity index (χ1n) is 13.2. The molecule has 212 valence electrons. The van der Waals surface area contributed by atoms with E-state index in [2.05, 4.69) is 18.3 Å². The van der Waals surface area contributed by atoms with Crippen LogP contribution in [0.5, 0.6) is 0 Å². The molecule has 0 saturated carbocycles. The number of hydrogen-bond acceptors (Lipinski definition) is 8. The lowest BCUT2D eigenvalue weighted by Gasteiger charge is -2.39. The highest BCUT2D eigenvalue weighted by atomic mass is 16.6. The molecule has 0 aliphatic carbocycles. The minimum atomic E-state index is -0.941. The van der Waals surface area contributed by atoms with Crippen molar-refractivity contribution in [2.45, 2.75) is 109 Å². The van der Waals surface area contributed by atoms with Gasteiger partial charge < -0.3 is 34.5 Å². The number of carbonyl (C=O) groups is 3. The van der Waals surface area contributed by atoms with E-state index in [0.29, 0.717) is 19.4 Å². The van der Waals surface area contributed by atoms with Crippen LogP contribution >= 0.6 is 0 Å². The van der Waals surface area contributed by atoms with Crippen LogP contribution in [0.4, 0.5) is 0 Å². The lowest BCUT2D eigenvalue weighted by Crippen LogP contribution is -2.50. The monoisotopic (exact) mass is 535 g/mol. The number of amides is 1. The molecule has 1 amide bonds. The first kappa shape index (κ1) is 30.0. The summed E-state index contributed by atoms with van der Waals surface area (Å²) in [5.41, 5.74) is 0.271. The third-order valence-corrected chi connectivity index (χ3v) is 7.33. The van der Waals surface area contributed by atoms with E-state index in [1.165, 1.54) is 13.0 Å². The maximum Gasteiger partial charge on any atom is 0.305 e. The maximum absolute atomic E-state index is 12.3. The number of allylic oxidation sites excluding steroid dienone is 2. The van der Waals surface area contributed by atoms with Gasteiger partial charge in [0.05, 0.1) is 37.4 Å². The molecule has 3 rings (SSSR count). The molecule has 0 radical (unpaired) electrons. The molecule has 0 unspecified atom stereocenters. The zero-order valence-corrected chi connectivity index (χ0v) is 22.8. The van der Waals surface area contributed by atoms with Crippen molar-refractivity contribution in [1.29, 1.82) is 0 Å². The minimum Gasteiger partial charge on any atom is -0.481 e. The molecule has 3 N–H and O–H groups in total. The van der Waals surface area contributed by atoms with Gasteiger partial charge in [0.25, 0.3) is 0 Å². The Morgan fingerprint density at radius 3 is 2.53 bits per heavy atom. The molecule has 0 bridgehead atoms. The molecule has 3 heterocycles. The highest BCUT2D eigenvalue weighted by Gasteiger charge is 2.58. The fourth-order valence-corrected chi connectivity index (χ4v) is 5.08. The van der Waals surface area contributed by atoms with Crippen molar-refractivity contribution in [3.63, 3.8) is 0 Å². The van der Waals surface area contributed by atoms with Gasteiger partial charge in [0.1, 0.15) is 23.9 Å². The summed E-state index contributed by atoms with van der Waals surface area (Å²) in [4.78, 5) is 34.4. The summed E-state index contributed by atoms with van der Waals surface area (Å²) in [6.07, 6.45) is 7.67. The fourth-order valence-electron chi connectivity index (χ4n) is 5.08. The van der Waals surface area contributed by atoms with Crippen LogP contribution in [0.2, 0.25) is 0 Å². The van der Waals surface area contributed by atoms with Gasteiger partial charge >= 0.3 is 11.9 Å². The Bertz CT molecular complexity index is 954. The molecule has 3 saturated heterocycles. The van der Waals surface area contributed by atoms with Gasteiger partial charge in [0.15, 0.2) is 0 Å². The van der Waals surface area contributed by atoms with E-state index in [1.807, 2.05) is 19.9 Å². The number of epoxide rings is 1. The summed E-state index contributed by atoms with van der Waals surface area (Å²) in [5.74, 6) is -1.39. The Labute approximate surface area is 224 Å². The van der Waals surface area contributed by atoms with Crippen LogP contribution in [0.25, 0.3) is 0 Å². The highest BCUT2D eigenvalue weighted by molar-refractivity contribution is 5.87. The number of aliphatic hydroxyl groups excluding tert-OH is 1. The molecule has 0 aromatic heterocycles. The number of aliphatic carboxylic acids is 1. The van der Waals surface area contributed by atoms with Crippen molar-refractivity contribution in [2.75, 3.05) is 6.61 Å². The number of carbonyl (C=O) groups excluding carboxylic acids is 2. The maximum atomic E-state index is 12.3. The summed E-state index contributed by atoms with van der Waals surface area (Å²) < 4.78 is 22.5. The average Bonchev–Trinajstić information content (AvgIpc) is 3.59. The van der Waals surface area contributed by atoms with E-state index in [9.17, 15) is 19.5 Å². The van der Waals surface area contributed by atoms with Crippen LogP contribution in [-0.4, -0.2) is 82.9 Å². The third-order valence-electron chi connectivity index (χ3n) is 7.33. The Balaban J connectivity index is 1.49. The normalized spacial score (nSPS) is 36.4. The van der Waals surface area contributed by atoms with Crippen LogP contribution in [-0.2, 0) is 33.3 Å². The topological polar surface area (TPSA) is 144 Å². The first-order chi connectivity index (χ1) is 17.9. The van der Waals surface area contributed by atoms with Crippen LogP contribution in [0.1, 0.15) is 60.3 Å². The Morgan fingerprint density at radius 1 is 1.18 bits per heavy atom. The molecule has 9 atom stereocenters. The molecule has 3 aliphatic heterocycles. The third kappa shape index (κ3) is 8.49. The van der Waals surface area contributed by atoms with E-state index in [4.69, 9.17) is 24.1 Å². The highest BCUT2D eigenvalue weighted by Crippen LogP contribution is 2.43. The molecule has 10 heteroatoms. The van der Waals surface area contributed by atoms with Crippen molar-refractivity contribution < 1.29 is 43.5 Å². The number of esters is 1. The summed E-state index contributed by atoms with van der Waals surface area (Å²) in [5, 5.41) is 22.8. The summed E-state index contributed by atoms with van der Waals surface area (Å²) in [6.45, 7) is 9.41. The minimum absolute atomic E-state index is 0.0133. The smallest absolute Gasteiger partial charge is 0.305 e. The largest absolute Gasteiger partial charge is 0.481 e. The molecule has 3 aliphatic rings. The number of hydrogen-bond donors (Lipinski definition) is 3. The van der Waals surface area contributed by atoms with Crippen LogP contribution in [0, 0.1) is 5.92 Å². The van der Waals surface area contributed by atoms with Crippen molar-refractivity contribution in [1.82, 2.24) is 5.32 Å². The van der Waals surface area contributed by atoms with Gasteiger partial charge in [-0.05, 0) is 45.6 Å². The van der Waals surface area contributed by atoms with Crippen LogP contribution in [0.15, 0.2) is 36.0 Å². The predicted octanol–water partition coefficient (Wildman–Crippen LogP) is 2.45. The number of carboxylic acids is 1. The zero-order valence-electron chi connectivity index (χ0n) is 22.8. The second-order valence-electron chi connectivity index (χ2n) is 10.7. The van der Waals surface area contributed by atoms with E-state index >= 15 is 0 Å². The van der Waals surface area contributed by atoms with Crippen molar-refractivity contribution in [2.24, 2.45) is 5.92 Å². The zero-order chi connectivity index (χ0) is 28.0. The van der Waals surface area contributed by atoms with Gasteiger partial charge in [-0.15, -0.1) is 0 Å². The van der Waals surface area contributed by atoms with Crippen molar-refractivity contribution >= 4 is 17.8 Å². The molecule has 1 spiro atoms. The predicted molar refractivity (Wildman–Crippen MR) is 138 cm³/mol. The molecular weight excluding hydrogens is 494 g/mol. The van der Waals surface area contributed by atoms with Gasteiger partial charge in [-0.2, -0.15) is 0 Å². The van der Waals surface area contributed by atoms with E-state index < -0.39 is 42.0 Å². The molecule has 0 aromatic rings. The molecular formula is C28H41NO9. The Hall–Kier alpha value is -2.53.